The highest BCUT2D eigenvalue weighted by Crippen LogP contribution is 2.27. The lowest BCUT2D eigenvalue weighted by Gasteiger charge is -2.18. The number of benzene rings is 2. The second-order valence-corrected chi connectivity index (χ2v) is 9.30. The molecule has 0 aromatic heterocycles. The van der Waals surface area contributed by atoms with Gasteiger partial charge in [0.2, 0.25) is 0 Å². The van der Waals surface area contributed by atoms with E-state index in [1.54, 1.807) is 29.2 Å². The molecule has 0 unspecified atom stereocenters. The summed E-state index contributed by atoms with van der Waals surface area (Å²) in [6.07, 6.45) is 3.87. The van der Waals surface area contributed by atoms with E-state index in [-0.39, 0.29) is 10.8 Å². The van der Waals surface area contributed by atoms with Gasteiger partial charge in [-0.05, 0) is 74.4 Å². The van der Waals surface area contributed by atoms with E-state index in [0.29, 0.717) is 11.3 Å². The van der Waals surface area contributed by atoms with E-state index in [9.17, 15) is 13.2 Å². The largest absolute Gasteiger partial charge is 0.339 e. The van der Waals surface area contributed by atoms with E-state index < -0.39 is 10.0 Å². The van der Waals surface area contributed by atoms with Crippen LogP contribution in [-0.4, -0.2) is 38.6 Å². The maximum Gasteiger partial charge on any atom is 0.261 e. The molecule has 27 heavy (non-hydrogen) atoms. The molecule has 1 fully saturated rings. The highest BCUT2D eigenvalue weighted by atomic mass is 32.2. The number of anilines is 1. The normalized spacial score (nSPS) is 14.4. The zero-order valence-corrected chi connectivity index (χ0v) is 17.4. The van der Waals surface area contributed by atoms with Gasteiger partial charge in [-0.3, -0.25) is 9.52 Å². The van der Waals surface area contributed by atoms with Crippen LogP contribution < -0.4 is 4.72 Å². The fourth-order valence-corrected chi connectivity index (χ4v) is 4.78. The first-order valence-electron chi connectivity index (χ1n) is 8.89. The van der Waals surface area contributed by atoms with Gasteiger partial charge >= 0.3 is 0 Å². The Hall–Kier alpha value is -1.99. The molecule has 0 saturated carbocycles. The molecular formula is C20H24N2O3S2. The zero-order chi connectivity index (χ0) is 19.6. The van der Waals surface area contributed by atoms with Crippen LogP contribution in [-0.2, 0) is 10.0 Å². The van der Waals surface area contributed by atoms with Crippen molar-refractivity contribution in [2.24, 2.45) is 0 Å². The molecule has 1 amide bonds. The molecule has 0 atom stereocenters. The highest BCUT2D eigenvalue weighted by molar-refractivity contribution is 7.98. The van der Waals surface area contributed by atoms with Crippen molar-refractivity contribution in [1.29, 1.82) is 0 Å². The molecular weight excluding hydrogens is 380 g/mol. The van der Waals surface area contributed by atoms with Crippen LogP contribution in [0.3, 0.4) is 0 Å². The molecule has 1 aliphatic rings. The first-order valence-corrected chi connectivity index (χ1v) is 11.6. The summed E-state index contributed by atoms with van der Waals surface area (Å²) in [6.45, 7) is 5.37. The minimum atomic E-state index is -3.78. The zero-order valence-electron chi connectivity index (χ0n) is 15.8. The first kappa shape index (κ1) is 19.8. The third-order valence-corrected chi connectivity index (χ3v) is 7.04. The number of carbonyl (C=O) groups excluding carboxylic acids is 1. The van der Waals surface area contributed by atoms with Gasteiger partial charge in [-0.25, -0.2) is 8.42 Å². The Morgan fingerprint density at radius 1 is 1.04 bits per heavy atom. The predicted molar refractivity (Wildman–Crippen MR) is 110 cm³/mol. The third kappa shape index (κ3) is 4.30. The average molecular weight is 405 g/mol. The van der Waals surface area contributed by atoms with Crippen LogP contribution in [0.2, 0.25) is 0 Å². The van der Waals surface area contributed by atoms with Crippen molar-refractivity contribution in [3.05, 3.63) is 53.1 Å². The number of carbonyl (C=O) groups is 1. The van der Waals surface area contributed by atoms with Crippen LogP contribution in [0.5, 0.6) is 0 Å². The summed E-state index contributed by atoms with van der Waals surface area (Å²) in [5.74, 6) is -0.0971. The molecule has 5 nitrogen and oxygen atoms in total. The number of nitrogens with zero attached hydrogens (tertiary/aromatic N) is 1. The Morgan fingerprint density at radius 2 is 1.74 bits per heavy atom. The molecule has 0 spiro atoms. The van der Waals surface area contributed by atoms with E-state index in [0.717, 1.165) is 42.0 Å². The summed E-state index contributed by atoms with van der Waals surface area (Å²) in [4.78, 5) is 15.5. The first-order chi connectivity index (χ1) is 12.8. The standard InChI is InChI=1S/C20H24N2O3S2/c1-14-6-7-16(12-15(14)2)21-27(24,25)17-8-9-19(26-3)18(13-17)20(23)22-10-4-5-11-22/h6-9,12-13,21H,4-5,10-11H2,1-3H3. The Bertz CT molecular complexity index is 965. The average Bonchev–Trinajstić information content (AvgIpc) is 3.18. The molecule has 0 aliphatic carbocycles. The smallest absolute Gasteiger partial charge is 0.261 e. The molecule has 2 aromatic carbocycles. The molecule has 1 aliphatic heterocycles. The van der Waals surface area contributed by atoms with Crippen LogP contribution in [0, 0.1) is 13.8 Å². The van der Waals surface area contributed by atoms with E-state index >= 15 is 0 Å². The Kier molecular flexibility index (Phi) is 5.81. The molecule has 0 radical (unpaired) electrons. The molecule has 144 valence electrons. The summed E-state index contributed by atoms with van der Waals surface area (Å²) in [7, 11) is -3.78. The van der Waals surface area contributed by atoms with Gasteiger partial charge in [0.25, 0.3) is 15.9 Å². The number of rotatable bonds is 5. The summed E-state index contributed by atoms with van der Waals surface area (Å²) in [5.41, 5.74) is 3.07. The van der Waals surface area contributed by atoms with Gasteiger partial charge in [0.1, 0.15) is 0 Å². The number of hydrogen-bond acceptors (Lipinski definition) is 4. The predicted octanol–water partition coefficient (Wildman–Crippen LogP) is 4.06. The topological polar surface area (TPSA) is 66.5 Å². The van der Waals surface area contributed by atoms with E-state index in [1.807, 2.05) is 26.2 Å². The maximum absolute atomic E-state index is 12.9. The summed E-state index contributed by atoms with van der Waals surface area (Å²) >= 11 is 1.45. The fraction of sp³-hybridized carbons (Fsp3) is 0.350. The van der Waals surface area contributed by atoms with Crippen molar-refractivity contribution in [3.63, 3.8) is 0 Å². The molecule has 0 bridgehead atoms. The van der Waals surface area contributed by atoms with Crippen LogP contribution >= 0.6 is 11.8 Å². The van der Waals surface area contributed by atoms with Crippen LogP contribution in [0.1, 0.15) is 34.3 Å². The monoisotopic (exact) mass is 404 g/mol. The van der Waals surface area contributed by atoms with Gasteiger partial charge in [-0.15, -0.1) is 11.8 Å². The van der Waals surface area contributed by atoms with Gasteiger partial charge in [-0.2, -0.15) is 0 Å². The van der Waals surface area contributed by atoms with Crippen LogP contribution in [0.15, 0.2) is 46.2 Å². The van der Waals surface area contributed by atoms with Gasteiger partial charge in [0, 0.05) is 23.7 Å². The minimum Gasteiger partial charge on any atom is -0.339 e. The Morgan fingerprint density at radius 3 is 2.37 bits per heavy atom. The van der Waals surface area contributed by atoms with Gasteiger partial charge in [0.05, 0.1) is 10.5 Å². The van der Waals surface area contributed by atoms with E-state index in [4.69, 9.17) is 0 Å². The third-order valence-electron chi connectivity index (χ3n) is 4.86. The Labute approximate surface area is 165 Å². The lowest BCUT2D eigenvalue weighted by molar-refractivity contribution is 0.0789. The van der Waals surface area contributed by atoms with Crippen LogP contribution in [0.4, 0.5) is 5.69 Å². The molecule has 1 saturated heterocycles. The quantitative estimate of drug-likeness (QED) is 0.763. The van der Waals surface area contributed by atoms with Crippen molar-refractivity contribution < 1.29 is 13.2 Å². The maximum atomic E-state index is 12.9. The van der Waals surface area contributed by atoms with Crippen molar-refractivity contribution >= 4 is 33.4 Å². The summed E-state index contributed by atoms with van der Waals surface area (Å²) < 4.78 is 28.3. The van der Waals surface area contributed by atoms with Gasteiger partial charge in [0.15, 0.2) is 0 Å². The highest BCUT2D eigenvalue weighted by Gasteiger charge is 2.24. The van der Waals surface area contributed by atoms with E-state index in [2.05, 4.69) is 4.72 Å². The molecule has 1 heterocycles. The minimum absolute atomic E-state index is 0.0971. The van der Waals surface area contributed by atoms with Gasteiger partial charge < -0.3 is 4.90 Å². The lowest BCUT2D eigenvalue weighted by atomic mass is 10.1. The number of likely N-dealkylation sites (tertiary alicyclic amines) is 1. The molecule has 3 rings (SSSR count). The van der Waals surface area contributed by atoms with Gasteiger partial charge in [-0.1, -0.05) is 6.07 Å². The number of hydrogen-bond donors (Lipinski definition) is 1. The number of thioether (sulfide) groups is 1. The SMILES string of the molecule is CSc1ccc(S(=O)(=O)Nc2ccc(C)c(C)c2)cc1C(=O)N1CCCC1. The molecule has 7 heteroatoms. The molecule has 2 aromatic rings. The van der Waals surface area contributed by atoms with E-state index in [1.165, 1.54) is 17.8 Å². The van der Waals surface area contributed by atoms with Crippen LogP contribution in [0.25, 0.3) is 0 Å². The number of nitrogens with one attached hydrogen (secondary N) is 1. The number of amides is 1. The summed E-state index contributed by atoms with van der Waals surface area (Å²) in [6, 6.07) is 10.2. The second kappa shape index (κ2) is 7.94. The molecule has 1 N–H and O–H groups in total. The lowest BCUT2D eigenvalue weighted by Crippen LogP contribution is -2.28. The number of aryl methyl sites for hydroxylation is 2. The number of sulfonamides is 1. The van der Waals surface area contributed by atoms with Crippen molar-refractivity contribution in [1.82, 2.24) is 4.90 Å². The second-order valence-electron chi connectivity index (χ2n) is 6.77. The fourth-order valence-electron chi connectivity index (χ4n) is 3.13. The Balaban J connectivity index is 1.94. The van der Waals surface area contributed by atoms with Crippen molar-refractivity contribution in [2.45, 2.75) is 36.5 Å². The van der Waals surface area contributed by atoms with Crippen molar-refractivity contribution in [3.8, 4) is 0 Å². The van der Waals surface area contributed by atoms with Crippen molar-refractivity contribution in [2.75, 3.05) is 24.1 Å². The summed E-state index contributed by atoms with van der Waals surface area (Å²) in [5, 5.41) is 0.